The van der Waals surface area contributed by atoms with E-state index in [-0.39, 0.29) is 5.82 Å². The fraction of sp³-hybridized carbons (Fsp3) is 0.500. The first kappa shape index (κ1) is 9.66. The lowest BCUT2D eigenvalue weighted by atomic mass is 9.92. The number of benzene rings is 1. The third-order valence-corrected chi connectivity index (χ3v) is 3.08. The maximum atomic E-state index is 13.0. The van der Waals surface area contributed by atoms with Gasteiger partial charge in [0.1, 0.15) is 5.82 Å². The quantitative estimate of drug-likeness (QED) is 0.761. The van der Waals surface area contributed by atoms with Crippen molar-refractivity contribution in [3.8, 4) is 0 Å². The number of hydrogen-bond donors (Lipinski definition) is 1. The molecule has 1 N–H and O–H groups in total. The van der Waals surface area contributed by atoms with Gasteiger partial charge in [-0.1, -0.05) is 25.5 Å². The van der Waals surface area contributed by atoms with Gasteiger partial charge in [-0.2, -0.15) is 0 Å². The first-order valence-electron chi connectivity index (χ1n) is 5.30. The SMILES string of the molecule is CCC1CCNC1c1cccc(F)c1. The summed E-state index contributed by atoms with van der Waals surface area (Å²) in [5, 5.41) is 3.43. The lowest BCUT2D eigenvalue weighted by molar-refractivity contribution is 0.447. The summed E-state index contributed by atoms with van der Waals surface area (Å²) in [4.78, 5) is 0. The molecule has 2 heteroatoms. The van der Waals surface area contributed by atoms with Gasteiger partial charge in [0.2, 0.25) is 0 Å². The maximum absolute atomic E-state index is 13.0. The van der Waals surface area contributed by atoms with E-state index in [9.17, 15) is 4.39 Å². The van der Waals surface area contributed by atoms with Crippen molar-refractivity contribution in [1.29, 1.82) is 0 Å². The third-order valence-electron chi connectivity index (χ3n) is 3.08. The predicted molar refractivity (Wildman–Crippen MR) is 55.5 cm³/mol. The molecule has 2 atom stereocenters. The number of rotatable bonds is 2. The molecule has 1 heterocycles. The Bertz CT molecular complexity index is 311. The van der Waals surface area contributed by atoms with Gasteiger partial charge in [0.15, 0.2) is 0 Å². The Balaban J connectivity index is 2.21. The molecular formula is C12H16FN. The van der Waals surface area contributed by atoms with Crippen molar-refractivity contribution in [3.63, 3.8) is 0 Å². The van der Waals surface area contributed by atoms with Crippen molar-refractivity contribution in [2.75, 3.05) is 6.54 Å². The van der Waals surface area contributed by atoms with Gasteiger partial charge >= 0.3 is 0 Å². The van der Waals surface area contributed by atoms with Crippen LogP contribution in [0.25, 0.3) is 0 Å². The zero-order valence-electron chi connectivity index (χ0n) is 8.46. The van der Waals surface area contributed by atoms with Gasteiger partial charge in [-0.05, 0) is 36.6 Å². The Morgan fingerprint density at radius 1 is 1.50 bits per heavy atom. The molecular weight excluding hydrogens is 177 g/mol. The number of halogens is 1. The standard InChI is InChI=1S/C12H16FN/c1-2-9-6-7-14-12(9)10-4-3-5-11(13)8-10/h3-5,8-9,12,14H,2,6-7H2,1H3. The molecule has 2 unspecified atom stereocenters. The van der Waals surface area contributed by atoms with E-state index in [0.29, 0.717) is 12.0 Å². The van der Waals surface area contributed by atoms with Crippen LogP contribution in [0, 0.1) is 11.7 Å². The van der Waals surface area contributed by atoms with Gasteiger partial charge < -0.3 is 5.32 Å². The minimum atomic E-state index is -0.133. The van der Waals surface area contributed by atoms with Crippen molar-refractivity contribution in [2.45, 2.75) is 25.8 Å². The zero-order valence-corrected chi connectivity index (χ0v) is 8.46. The highest BCUT2D eigenvalue weighted by Crippen LogP contribution is 2.31. The van der Waals surface area contributed by atoms with Crippen LogP contribution in [0.2, 0.25) is 0 Å². The van der Waals surface area contributed by atoms with E-state index in [1.807, 2.05) is 6.07 Å². The molecule has 76 valence electrons. The Hall–Kier alpha value is -0.890. The Labute approximate surface area is 84.3 Å². The molecule has 0 radical (unpaired) electrons. The molecule has 0 aliphatic carbocycles. The molecule has 0 spiro atoms. The van der Waals surface area contributed by atoms with E-state index in [1.54, 1.807) is 12.1 Å². The Morgan fingerprint density at radius 2 is 2.36 bits per heavy atom. The summed E-state index contributed by atoms with van der Waals surface area (Å²) in [5.74, 6) is 0.530. The third kappa shape index (κ3) is 1.80. The van der Waals surface area contributed by atoms with Gasteiger partial charge in [0.05, 0.1) is 0 Å². The van der Waals surface area contributed by atoms with Crippen LogP contribution >= 0.6 is 0 Å². The van der Waals surface area contributed by atoms with Crippen molar-refractivity contribution in [1.82, 2.24) is 5.32 Å². The number of hydrogen-bond acceptors (Lipinski definition) is 1. The van der Waals surface area contributed by atoms with E-state index in [4.69, 9.17) is 0 Å². The first-order chi connectivity index (χ1) is 6.81. The molecule has 1 saturated heterocycles. The molecule has 1 aliphatic rings. The van der Waals surface area contributed by atoms with Crippen molar-refractivity contribution in [2.24, 2.45) is 5.92 Å². The van der Waals surface area contributed by atoms with E-state index in [1.165, 1.54) is 12.5 Å². The molecule has 0 bridgehead atoms. The second kappa shape index (κ2) is 4.09. The van der Waals surface area contributed by atoms with Crippen LogP contribution in [0.1, 0.15) is 31.4 Å². The van der Waals surface area contributed by atoms with Gasteiger partial charge in [-0.3, -0.25) is 0 Å². The van der Waals surface area contributed by atoms with E-state index >= 15 is 0 Å². The van der Waals surface area contributed by atoms with Crippen LogP contribution in [-0.2, 0) is 0 Å². The second-order valence-corrected chi connectivity index (χ2v) is 3.94. The molecule has 1 aliphatic heterocycles. The van der Waals surface area contributed by atoms with Gasteiger partial charge in [0.25, 0.3) is 0 Å². The summed E-state index contributed by atoms with van der Waals surface area (Å²) in [5.41, 5.74) is 1.09. The monoisotopic (exact) mass is 193 g/mol. The van der Waals surface area contributed by atoms with Crippen molar-refractivity contribution in [3.05, 3.63) is 35.6 Å². The molecule has 1 fully saturated rings. The highest BCUT2D eigenvalue weighted by atomic mass is 19.1. The average Bonchev–Trinajstić information content (AvgIpc) is 2.65. The summed E-state index contributed by atoms with van der Waals surface area (Å²) in [6, 6.07) is 7.30. The molecule has 1 aromatic rings. The molecule has 0 aromatic heterocycles. The summed E-state index contributed by atoms with van der Waals surface area (Å²) >= 11 is 0. The van der Waals surface area contributed by atoms with Crippen LogP contribution in [0.4, 0.5) is 4.39 Å². The second-order valence-electron chi connectivity index (χ2n) is 3.94. The van der Waals surface area contributed by atoms with E-state index in [2.05, 4.69) is 12.2 Å². The first-order valence-corrected chi connectivity index (χ1v) is 5.30. The van der Waals surface area contributed by atoms with Gasteiger partial charge in [-0.25, -0.2) is 4.39 Å². The van der Waals surface area contributed by atoms with Crippen molar-refractivity contribution < 1.29 is 4.39 Å². The lowest BCUT2D eigenvalue weighted by Crippen LogP contribution is -2.17. The maximum Gasteiger partial charge on any atom is 0.123 e. The Kier molecular flexibility index (Phi) is 2.82. The van der Waals surface area contributed by atoms with Crippen LogP contribution in [0.3, 0.4) is 0 Å². The highest BCUT2D eigenvalue weighted by molar-refractivity contribution is 5.21. The summed E-state index contributed by atoms with van der Waals surface area (Å²) < 4.78 is 13.0. The van der Waals surface area contributed by atoms with Crippen molar-refractivity contribution >= 4 is 0 Å². The molecule has 14 heavy (non-hydrogen) atoms. The van der Waals surface area contributed by atoms with Crippen LogP contribution in [0.15, 0.2) is 24.3 Å². The Morgan fingerprint density at radius 3 is 3.07 bits per heavy atom. The zero-order chi connectivity index (χ0) is 9.97. The normalized spacial score (nSPS) is 26.7. The number of nitrogens with one attached hydrogen (secondary N) is 1. The highest BCUT2D eigenvalue weighted by Gasteiger charge is 2.26. The summed E-state index contributed by atoms with van der Waals surface area (Å²) in [6.07, 6.45) is 2.37. The van der Waals surface area contributed by atoms with Gasteiger partial charge in [-0.15, -0.1) is 0 Å². The molecule has 1 aromatic carbocycles. The van der Waals surface area contributed by atoms with Crippen LogP contribution in [-0.4, -0.2) is 6.54 Å². The summed E-state index contributed by atoms with van der Waals surface area (Å²) in [7, 11) is 0. The lowest BCUT2D eigenvalue weighted by Gasteiger charge is -2.18. The van der Waals surface area contributed by atoms with Crippen LogP contribution in [0.5, 0.6) is 0 Å². The largest absolute Gasteiger partial charge is 0.310 e. The molecule has 0 saturated carbocycles. The molecule has 1 nitrogen and oxygen atoms in total. The smallest absolute Gasteiger partial charge is 0.123 e. The minimum Gasteiger partial charge on any atom is -0.310 e. The molecule has 0 amide bonds. The van der Waals surface area contributed by atoms with Gasteiger partial charge in [0, 0.05) is 6.04 Å². The average molecular weight is 193 g/mol. The molecule has 2 rings (SSSR count). The minimum absolute atomic E-state index is 0.133. The fourth-order valence-electron chi connectivity index (χ4n) is 2.29. The fourth-order valence-corrected chi connectivity index (χ4v) is 2.29. The van der Waals surface area contributed by atoms with E-state index < -0.39 is 0 Å². The van der Waals surface area contributed by atoms with E-state index in [0.717, 1.165) is 18.5 Å². The van der Waals surface area contributed by atoms with Crippen LogP contribution < -0.4 is 5.32 Å². The predicted octanol–water partition coefficient (Wildman–Crippen LogP) is 2.89. The summed E-state index contributed by atoms with van der Waals surface area (Å²) in [6.45, 7) is 3.25. The topological polar surface area (TPSA) is 12.0 Å².